The second kappa shape index (κ2) is 7.52. The summed E-state index contributed by atoms with van der Waals surface area (Å²) in [5.74, 6) is 2.31. The molecule has 2 aliphatic carbocycles. The minimum Gasteiger partial charge on any atom is -0.355 e. The molecule has 4 aromatic rings. The van der Waals surface area contributed by atoms with Crippen molar-refractivity contribution in [1.82, 2.24) is 19.4 Å². The van der Waals surface area contributed by atoms with Crippen molar-refractivity contribution in [2.24, 2.45) is 11.1 Å². The van der Waals surface area contributed by atoms with Gasteiger partial charge in [0, 0.05) is 49.2 Å². The minimum absolute atomic E-state index is 0.116. The zero-order chi connectivity index (χ0) is 22.9. The number of halogens is 1. The maximum absolute atomic E-state index is 6.79. The Balaban J connectivity index is 1.19. The molecule has 2 N–H and O–H groups in total. The Labute approximate surface area is 203 Å². The predicted octanol–water partition coefficient (Wildman–Crippen LogP) is 5.16. The molecule has 1 atom stereocenters. The molecule has 1 aliphatic heterocycles. The molecule has 1 spiro atoms. The van der Waals surface area contributed by atoms with Crippen LogP contribution in [-0.4, -0.2) is 32.4 Å². The van der Waals surface area contributed by atoms with Gasteiger partial charge in [-0.25, -0.2) is 9.97 Å². The molecule has 1 saturated heterocycles. The Kier molecular flexibility index (Phi) is 4.52. The molecule has 7 heteroatoms. The van der Waals surface area contributed by atoms with Crippen LogP contribution in [0.5, 0.6) is 0 Å². The number of nitrogens with two attached hydrogens (primary N) is 1. The molecule has 0 amide bonds. The third-order valence-corrected chi connectivity index (χ3v) is 8.61. The summed E-state index contributed by atoms with van der Waals surface area (Å²) < 4.78 is 2.11. The maximum Gasteiger partial charge on any atom is 0.154 e. The number of pyridine rings is 1. The van der Waals surface area contributed by atoms with Crippen molar-refractivity contribution in [2.75, 3.05) is 18.0 Å². The van der Waals surface area contributed by atoms with Gasteiger partial charge in [0.25, 0.3) is 0 Å². The van der Waals surface area contributed by atoms with Crippen LogP contribution in [0.15, 0.2) is 55.1 Å². The van der Waals surface area contributed by atoms with Crippen molar-refractivity contribution in [3.63, 3.8) is 0 Å². The van der Waals surface area contributed by atoms with E-state index in [2.05, 4.69) is 38.6 Å². The van der Waals surface area contributed by atoms with Crippen LogP contribution < -0.4 is 10.6 Å². The molecule has 0 bridgehead atoms. The number of imidazole rings is 1. The van der Waals surface area contributed by atoms with Crippen LogP contribution >= 0.6 is 11.6 Å². The van der Waals surface area contributed by atoms with Gasteiger partial charge in [0.2, 0.25) is 0 Å². The van der Waals surface area contributed by atoms with Crippen LogP contribution in [0, 0.1) is 5.41 Å². The highest BCUT2D eigenvalue weighted by molar-refractivity contribution is 6.33. The Morgan fingerprint density at radius 3 is 2.62 bits per heavy atom. The monoisotopic (exact) mass is 470 g/mol. The molecule has 1 aromatic carbocycles. The summed E-state index contributed by atoms with van der Waals surface area (Å²) in [6, 6.07) is 10.8. The van der Waals surface area contributed by atoms with Gasteiger partial charge in [-0.3, -0.25) is 9.38 Å². The lowest BCUT2D eigenvalue weighted by atomic mass is 9.73. The summed E-state index contributed by atoms with van der Waals surface area (Å²) in [5, 5.41) is 0.727. The fraction of sp³-hybridized carbons (Fsp3) is 0.370. The van der Waals surface area contributed by atoms with Crippen molar-refractivity contribution in [1.29, 1.82) is 0 Å². The van der Waals surface area contributed by atoms with Crippen molar-refractivity contribution in [3.8, 4) is 11.4 Å². The number of fused-ring (bicyclic) bond motifs is 2. The second-order valence-corrected chi connectivity index (χ2v) is 10.5. The van der Waals surface area contributed by atoms with E-state index in [-0.39, 0.29) is 11.5 Å². The smallest absolute Gasteiger partial charge is 0.154 e. The number of nitrogens with zero attached hydrogens (tertiary/aromatic N) is 5. The molecular weight excluding hydrogens is 444 g/mol. The molecule has 4 heterocycles. The fourth-order valence-corrected chi connectivity index (χ4v) is 6.45. The Morgan fingerprint density at radius 2 is 1.82 bits per heavy atom. The van der Waals surface area contributed by atoms with E-state index >= 15 is 0 Å². The summed E-state index contributed by atoms with van der Waals surface area (Å²) in [6.45, 7) is 1.88. The predicted molar refractivity (Wildman–Crippen MR) is 134 cm³/mol. The zero-order valence-corrected chi connectivity index (χ0v) is 19.7. The van der Waals surface area contributed by atoms with Gasteiger partial charge in [-0.2, -0.15) is 0 Å². The van der Waals surface area contributed by atoms with Gasteiger partial charge in [0.15, 0.2) is 5.82 Å². The van der Waals surface area contributed by atoms with Crippen LogP contribution in [0.25, 0.3) is 16.9 Å². The average Bonchev–Trinajstić information content (AvgIpc) is 3.56. The fourth-order valence-electron chi connectivity index (χ4n) is 6.10. The topological polar surface area (TPSA) is 72.3 Å². The number of rotatable bonds is 3. The van der Waals surface area contributed by atoms with Crippen LogP contribution in [0.2, 0.25) is 5.02 Å². The number of anilines is 1. The molecular formula is C27H27ClN6. The van der Waals surface area contributed by atoms with Gasteiger partial charge in [-0.15, -0.1) is 0 Å². The normalized spacial score (nSPS) is 21.4. The number of aromatic nitrogens is 4. The molecule has 7 rings (SSSR count). The van der Waals surface area contributed by atoms with E-state index in [1.807, 2.05) is 30.9 Å². The first kappa shape index (κ1) is 20.4. The molecule has 6 nitrogen and oxygen atoms in total. The average molecular weight is 471 g/mol. The standard InChI is InChI=1S/C27H27ClN6/c28-22-20(7-10-30-23(22)17-5-6-17)25-32-16-21-26(31-11-14-34(21)25)33-12-8-27(9-13-33)15-18-3-1-2-4-19(18)24(27)29/h1-4,7,10-11,14,16-17,24H,5-6,8-9,12-13,15,29H2/t24-/m1/s1. The molecule has 2 fully saturated rings. The summed E-state index contributed by atoms with van der Waals surface area (Å²) in [5.41, 5.74) is 12.6. The first-order valence-corrected chi connectivity index (χ1v) is 12.6. The second-order valence-electron chi connectivity index (χ2n) is 10.1. The first-order valence-electron chi connectivity index (χ1n) is 12.2. The number of hydrogen-bond donors (Lipinski definition) is 1. The Hall–Kier alpha value is -2.96. The molecule has 0 radical (unpaired) electrons. The number of hydrogen-bond acceptors (Lipinski definition) is 5. The third kappa shape index (κ3) is 3.01. The Morgan fingerprint density at radius 1 is 1.00 bits per heavy atom. The van der Waals surface area contributed by atoms with Crippen molar-refractivity contribution in [2.45, 2.75) is 44.1 Å². The minimum atomic E-state index is 0.116. The quantitative estimate of drug-likeness (QED) is 0.447. The van der Waals surface area contributed by atoms with E-state index in [0.29, 0.717) is 5.92 Å². The van der Waals surface area contributed by atoms with Crippen LogP contribution in [0.1, 0.15) is 54.5 Å². The summed E-state index contributed by atoms with van der Waals surface area (Å²) in [4.78, 5) is 16.5. The lowest BCUT2D eigenvalue weighted by Crippen LogP contribution is -2.44. The lowest BCUT2D eigenvalue weighted by Gasteiger charge is -2.42. The number of benzene rings is 1. The third-order valence-electron chi connectivity index (χ3n) is 8.21. The van der Waals surface area contributed by atoms with E-state index in [1.54, 1.807) is 0 Å². The first-order chi connectivity index (χ1) is 16.6. The Bertz CT molecular complexity index is 1400. The largest absolute Gasteiger partial charge is 0.355 e. The maximum atomic E-state index is 6.79. The van der Waals surface area contributed by atoms with Crippen molar-refractivity contribution >= 4 is 22.9 Å². The highest BCUT2D eigenvalue weighted by Crippen LogP contribution is 2.51. The molecule has 1 saturated carbocycles. The zero-order valence-electron chi connectivity index (χ0n) is 19.0. The van der Waals surface area contributed by atoms with Gasteiger partial charge < -0.3 is 10.6 Å². The molecule has 172 valence electrons. The van der Waals surface area contributed by atoms with E-state index in [0.717, 1.165) is 78.6 Å². The highest BCUT2D eigenvalue weighted by Gasteiger charge is 2.46. The molecule has 3 aliphatic rings. The summed E-state index contributed by atoms with van der Waals surface area (Å²) in [6.07, 6.45) is 13.2. The SMILES string of the molecule is N[C@@H]1c2ccccc2CC12CCN(c1nccn3c(-c4ccnc(C5CC5)c4Cl)ncc13)CC2. The van der Waals surface area contributed by atoms with Gasteiger partial charge in [-0.1, -0.05) is 35.9 Å². The van der Waals surface area contributed by atoms with Gasteiger partial charge in [-0.05, 0) is 54.7 Å². The molecule has 34 heavy (non-hydrogen) atoms. The van der Waals surface area contributed by atoms with E-state index in [4.69, 9.17) is 27.3 Å². The van der Waals surface area contributed by atoms with Gasteiger partial charge >= 0.3 is 0 Å². The summed E-state index contributed by atoms with van der Waals surface area (Å²) >= 11 is 6.79. The number of piperidine rings is 1. The van der Waals surface area contributed by atoms with Crippen LogP contribution in [0.4, 0.5) is 5.82 Å². The highest BCUT2D eigenvalue weighted by atomic mass is 35.5. The van der Waals surface area contributed by atoms with Gasteiger partial charge in [0.05, 0.1) is 16.9 Å². The van der Waals surface area contributed by atoms with Crippen molar-refractivity contribution in [3.05, 3.63) is 77.0 Å². The summed E-state index contributed by atoms with van der Waals surface area (Å²) in [7, 11) is 0. The van der Waals surface area contributed by atoms with Crippen LogP contribution in [-0.2, 0) is 6.42 Å². The van der Waals surface area contributed by atoms with E-state index < -0.39 is 0 Å². The lowest BCUT2D eigenvalue weighted by molar-refractivity contribution is 0.187. The van der Waals surface area contributed by atoms with Gasteiger partial charge in [0.1, 0.15) is 11.3 Å². The van der Waals surface area contributed by atoms with Crippen LogP contribution in [0.3, 0.4) is 0 Å². The molecule has 0 unspecified atom stereocenters. The van der Waals surface area contributed by atoms with E-state index in [9.17, 15) is 0 Å². The van der Waals surface area contributed by atoms with E-state index in [1.165, 1.54) is 11.1 Å². The van der Waals surface area contributed by atoms with Crippen molar-refractivity contribution < 1.29 is 0 Å². The molecule has 3 aromatic heterocycles.